The maximum Gasteiger partial charge on any atom is 0.162 e. The van der Waals surface area contributed by atoms with E-state index in [0.717, 1.165) is 6.54 Å². The van der Waals surface area contributed by atoms with Gasteiger partial charge in [-0.05, 0) is 11.6 Å². The summed E-state index contributed by atoms with van der Waals surface area (Å²) in [5.41, 5.74) is 0. The van der Waals surface area contributed by atoms with Crippen LogP contribution in [0, 0.1) is 6.42 Å². The predicted octanol–water partition coefficient (Wildman–Crippen LogP) is -0.103. The molecule has 0 amide bonds. The van der Waals surface area contributed by atoms with E-state index in [2.05, 4.69) is 15.4 Å². The van der Waals surface area contributed by atoms with E-state index in [9.17, 15) is 0 Å². The van der Waals surface area contributed by atoms with Gasteiger partial charge in [0.15, 0.2) is 6.33 Å². The monoisotopic (exact) mass is 111 g/mol. The summed E-state index contributed by atoms with van der Waals surface area (Å²) in [4.78, 5) is 1.51. The van der Waals surface area contributed by atoms with Crippen molar-refractivity contribution in [2.75, 3.05) is 0 Å². The molecule has 0 spiro atoms. The number of aromatic nitrogens is 4. The fourth-order valence-electron chi connectivity index (χ4n) is 0.435. The summed E-state index contributed by atoms with van der Waals surface area (Å²) in [6.45, 7) is 2.68. The van der Waals surface area contributed by atoms with Crippen molar-refractivity contribution in [3.8, 4) is 0 Å². The van der Waals surface area contributed by atoms with Gasteiger partial charge >= 0.3 is 0 Å². The smallest absolute Gasteiger partial charge is 0.162 e. The first-order chi connectivity index (χ1) is 3.93. The van der Waals surface area contributed by atoms with Gasteiger partial charge in [-0.1, -0.05) is 6.92 Å². The summed E-state index contributed by atoms with van der Waals surface area (Å²) in [5.74, 6) is 0. The van der Waals surface area contributed by atoms with Crippen molar-refractivity contribution >= 4 is 0 Å². The fourth-order valence-corrected chi connectivity index (χ4v) is 0.435. The molecule has 0 fully saturated rings. The van der Waals surface area contributed by atoms with E-state index in [1.807, 2.05) is 13.3 Å². The van der Waals surface area contributed by atoms with E-state index < -0.39 is 0 Å². The summed E-state index contributed by atoms with van der Waals surface area (Å²) in [6.07, 6.45) is 3.38. The lowest BCUT2D eigenvalue weighted by atomic mass is 10.5. The lowest BCUT2D eigenvalue weighted by Gasteiger charge is -1.88. The van der Waals surface area contributed by atoms with E-state index in [0.29, 0.717) is 0 Å². The molecule has 0 unspecified atom stereocenters. The molecule has 0 aliphatic carbocycles. The minimum atomic E-state index is 0.736. The van der Waals surface area contributed by atoms with Crippen LogP contribution in [0.3, 0.4) is 0 Å². The van der Waals surface area contributed by atoms with Crippen LogP contribution < -0.4 is 0 Å². The Balaban J connectivity index is 2.50. The Morgan fingerprint density at radius 3 is 3.12 bits per heavy atom. The zero-order chi connectivity index (χ0) is 5.82. The fraction of sp³-hybridized carbons (Fsp3) is 0.500. The van der Waals surface area contributed by atoms with Crippen molar-refractivity contribution < 1.29 is 0 Å². The highest BCUT2D eigenvalue weighted by Crippen LogP contribution is 1.77. The maximum atomic E-state index is 3.77. The lowest BCUT2D eigenvalue weighted by Crippen LogP contribution is -2.00. The highest BCUT2D eigenvalue weighted by molar-refractivity contribution is 4.51. The van der Waals surface area contributed by atoms with E-state index in [1.165, 1.54) is 11.1 Å². The molecule has 1 radical (unpaired) electrons. The standard InChI is InChI=1S/C4H7N4/c1-2-3-8-6-4-5-7-8/h2,4H,3H2,1H3. The normalized spacial score (nSPS) is 9.62. The third kappa shape index (κ3) is 1.02. The minimum absolute atomic E-state index is 0.736. The van der Waals surface area contributed by atoms with E-state index in [4.69, 9.17) is 0 Å². The van der Waals surface area contributed by atoms with Crippen LogP contribution in [0.5, 0.6) is 0 Å². The van der Waals surface area contributed by atoms with E-state index >= 15 is 0 Å². The summed E-state index contributed by atoms with van der Waals surface area (Å²) in [7, 11) is 0. The number of tetrazole rings is 1. The molecular weight excluding hydrogens is 104 g/mol. The minimum Gasteiger partial charge on any atom is -0.164 e. The Morgan fingerprint density at radius 1 is 1.75 bits per heavy atom. The molecule has 1 rings (SSSR count). The van der Waals surface area contributed by atoms with Crippen LogP contribution >= 0.6 is 0 Å². The van der Waals surface area contributed by atoms with Gasteiger partial charge in [0.05, 0.1) is 6.54 Å². The first-order valence-corrected chi connectivity index (χ1v) is 2.42. The van der Waals surface area contributed by atoms with Gasteiger partial charge in [0, 0.05) is 0 Å². The summed E-state index contributed by atoms with van der Waals surface area (Å²) in [5, 5.41) is 10.9. The zero-order valence-corrected chi connectivity index (χ0v) is 4.65. The molecule has 0 aromatic carbocycles. The first kappa shape index (κ1) is 5.21. The van der Waals surface area contributed by atoms with Crippen LogP contribution in [-0.2, 0) is 6.54 Å². The largest absolute Gasteiger partial charge is 0.164 e. The quantitative estimate of drug-likeness (QED) is 0.535. The molecule has 1 heterocycles. The Hall–Kier alpha value is -0.930. The molecule has 0 aliphatic rings. The molecule has 1 aromatic rings. The van der Waals surface area contributed by atoms with Crippen LogP contribution in [0.2, 0.25) is 0 Å². The number of hydrogen-bond donors (Lipinski definition) is 0. The zero-order valence-electron chi connectivity index (χ0n) is 4.65. The third-order valence-electron chi connectivity index (χ3n) is 0.737. The molecular formula is C4H7N4. The molecule has 43 valence electrons. The van der Waals surface area contributed by atoms with Gasteiger partial charge in [-0.2, -0.15) is 4.80 Å². The lowest BCUT2D eigenvalue weighted by molar-refractivity contribution is 0.563. The van der Waals surface area contributed by atoms with Gasteiger partial charge in [-0.3, -0.25) is 0 Å². The molecule has 4 heteroatoms. The van der Waals surface area contributed by atoms with Gasteiger partial charge in [-0.25, -0.2) is 0 Å². The van der Waals surface area contributed by atoms with Gasteiger partial charge in [0.1, 0.15) is 0 Å². The van der Waals surface area contributed by atoms with Crippen LogP contribution in [-0.4, -0.2) is 20.2 Å². The third-order valence-corrected chi connectivity index (χ3v) is 0.737. The van der Waals surface area contributed by atoms with Gasteiger partial charge in [-0.15, -0.1) is 10.2 Å². The van der Waals surface area contributed by atoms with E-state index in [1.54, 1.807) is 0 Å². The van der Waals surface area contributed by atoms with Crippen molar-refractivity contribution in [3.63, 3.8) is 0 Å². The Kier molecular flexibility index (Phi) is 1.56. The Bertz CT molecular complexity index is 134. The molecule has 8 heavy (non-hydrogen) atoms. The molecule has 0 saturated carbocycles. The molecule has 0 aliphatic heterocycles. The summed E-state index contributed by atoms with van der Waals surface area (Å²) < 4.78 is 0. The molecule has 4 nitrogen and oxygen atoms in total. The highest BCUT2D eigenvalue weighted by Gasteiger charge is 1.85. The van der Waals surface area contributed by atoms with Crippen LogP contribution in [0.1, 0.15) is 6.92 Å². The maximum absolute atomic E-state index is 3.77. The van der Waals surface area contributed by atoms with Crippen LogP contribution in [0.15, 0.2) is 6.33 Å². The SMILES string of the molecule is C[CH]Cn1ncnn1. The van der Waals surface area contributed by atoms with Crippen LogP contribution in [0.25, 0.3) is 0 Å². The average molecular weight is 111 g/mol. The van der Waals surface area contributed by atoms with Crippen molar-refractivity contribution in [2.24, 2.45) is 0 Å². The second-order valence-electron chi connectivity index (χ2n) is 1.40. The van der Waals surface area contributed by atoms with Gasteiger partial charge < -0.3 is 0 Å². The second kappa shape index (κ2) is 2.40. The molecule has 0 saturated heterocycles. The van der Waals surface area contributed by atoms with Crippen molar-refractivity contribution in [1.82, 2.24) is 20.2 Å². The van der Waals surface area contributed by atoms with Gasteiger partial charge in [0.25, 0.3) is 0 Å². The number of hydrogen-bond acceptors (Lipinski definition) is 3. The molecule has 1 aromatic heterocycles. The second-order valence-corrected chi connectivity index (χ2v) is 1.40. The average Bonchev–Trinajstić information content (AvgIpc) is 2.19. The predicted molar refractivity (Wildman–Crippen MR) is 27.8 cm³/mol. The van der Waals surface area contributed by atoms with Crippen molar-refractivity contribution in [1.29, 1.82) is 0 Å². The first-order valence-electron chi connectivity index (χ1n) is 2.42. The van der Waals surface area contributed by atoms with Crippen molar-refractivity contribution in [2.45, 2.75) is 13.5 Å². The van der Waals surface area contributed by atoms with Gasteiger partial charge in [0.2, 0.25) is 0 Å². The Morgan fingerprint density at radius 2 is 2.62 bits per heavy atom. The Labute approximate surface area is 47.5 Å². The molecule has 0 N–H and O–H groups in total. The topological polar surface area (TPSA) is 43.6 Å². The highest BCUT2D eigenvalue weighted by atomic mass is 15.6. The molecule has 0 atom stereocenters. The van der Waals surface area contributed by atoms with E-state index in [-0.39, 0.29) is 0 Å². The van der Waals surface area contributed by atoms with Crippen molar-refractivity contribution in [3.05, 3.63) is 12.7 Å². The summed E-state index contributed by atoms with van der Waals surface area (Å²) in [6, 6.07) is 0. The number of rotatable bonds is 2. The van der Waals surface area contributed by atoms with Crippen LogP contribution in [0.4, 0.5) is 0 Å². The number of nitrogens with zero attached hydrogens (tertiary/aromatic N) is 4. The molecule has 0 bridgehead atoms. The summed E-state index contributed by atoms with van der Waals surface area (Å²) >= 11 is 0.